The van der Waals surface area contributed by atoms with Crippen LogP contribution in [0, 0.1) is 3.57 Å². The summed E-state index contributed by atoms with van der Waals surface area (Å²) in [5.41, 5.74) is 0.330. The van der Waals surface area contributed by atoms with Gasteiger partial charge in [-0.05, 0) is 66.5 Å². The van der Waals surface area contributed by atoms with Gasteiger partial charge in [0.15, 0.2) is 0 Å². The summed E-state index contributed by atoms with van der Waals surface area (Å²) in [5.74, 6) is -0.210. The number of hydrogen-bond donors (Lipinski definition) is 2. The van der Waals surface area contributed by atoms with E-state index in [4.69, 9.17) is 4.74 Å². The summed E-state index contributed by atoms with van der Waals surface area (Å²) in [5, 5.41) is 12.5. The smallest absolute Gasteiger partial charge is 0.255 e. The summed E-state index contributed by atoms with van der Waals surface area (Å²) in [6.45, 7) is 1.41. The van der Waals surface area contributed by atoms with Crippen molar-refractivity contribution in [2.75, 3.05) is 13.2 Å². The van der Waals surface area contributed by atoms with E-state index in [-0.39, 0.29) is 17.8 Å². The number of carbonyl (C=O) groups is 1. The van der Waals surface area contributed by atoms with E-state index >= 15 is 0 Å². The van der Waals surface area contributed by atoms with Gasteiger partial charge >= 0.3 is 0 Å². The molecule has 0 radical (unpaired) electrons. The molecule has 0 aliphatic carbocycles. The maximum atomic E-state index is 11.9. The zero-order valence-electron chi connectivity index (χ0n) is 10.7. The predicted octanol–water partition coefficient (Wildman–Crippen LogP) is 2.69. The van der Waals surface area contributed by atoms with Crippen LogP contribution in [0.2, 0.25) is 0 Å². The standard InChI is InChI=1S/C14H18INO3/c15-10-4-5-13(17)12(9-10)14(18)16-7-6-11-3-1-2-8-19-11/h4-5,9,11,17H,1-3,6-8H2,(H,16,18). The van der Waals surface area contributed by atoms with E-state index in [1.807, 2.05) is 0 Å². The third-order valence-electron chi connectivity index (χ3n) is 3.23. The Morgan fingerprint density at radius 3 is 3.05 bits per heavy atom. The maximum Gasteiger partial charge on any atom is 0.255 e. The lowest BCUT2D eigenvalue weighted by Gasteiger charge is -2.22. The van der Waals surface area contributed by atoms with E-state index < -0.39 is 0 Å². The summed E-state index contributed by atoms with van der Waals surface area (Å²) in [6.07, 6.45) is 4.51. The molecule has 1 aliphatic rings. The molecule has 1 aliphatic heterocycles. The number of carbonyl (C=O) groups excluding carboxylic acids is 1. The lowest BCUT2D eigenvalue weighted by atomic mass is 10.1. The van der Waals surface area contributed by atoms with Gasteiger partial charge in [0.05, 0.1) is 11.7 Å². The van der Waals surface area contributed by atoms with Gasteiger partial charge in [0.2, 0.25) is 0 Å². The van der Waals surface area contributed by atoms with Gasteiger partial charge in [0, 0.05) is 16.7 Å². The van der Waals surface area contributed by atoms with E-state index in [0.717, 1.165) is 29.4 Å². The highest BCUT2D eigenvalue weighted by molar-refractivity contribution is 14.1. The highest BCUT2D eigenvalue weighted by atomic mass is 127. The molecule has 2 N–H and O–H groups in total. The quantitative estimate of drug-likeness (QED) is 0.796. The fourth-order valence-electron chi connectivity index (χ4n) is 2.17. The van der Waals surface area contributed by atoms with E-state index in [2.05, 4.69) is 27.9 Å². The lowest BCUT2D eigenvalue weighted by Crippen LogP contribution is -2.29. The Kier molecular flexibility index (Phi) is 5.45. The average molecular weight is 375 g/mol. The van der Waals surface area contributed by atoms with Crippen LogP contribution in [0.1, 0.15) is 36.0 Å². The molecule has 1 atom stereocenters. The number of benzene rings is 1. The normalized spacial score (nSPS) is 19.1. The first-order valence-electron chi connectivity index (χ1n) is 6.55. The van der Waals surface area contributed by atoms with Crippen LogP contribution in [0.15, 0.2) is 18.2 Å². The third-order valence-corrected chi connectivity index (χ3v) is 3.90. The second-order valence-electron chi connectivity index (χ2n) is 4.69. The summed E-state index contributed by atoms with van der Waals surface area (Å²) in [7, 11) is 0. The molecule has 2 rings (SSSR count). The molecule has 0 aromatic heterocycles. The largest absolute Gasteiger partial charge is 0.507 e. The van der Waals surface area contributed by atoms with Gasteiger partial charge in [0.25, 0.3) is 5.91 Å². The molecule has 4 nitrogen and oxygen atoms in total. The first-order valence-corrected chi connectivity index (χ1v) is 7.63. The Balaban J connectivity index is 1.82. The minimum Gasteiger partial charge on any atom is -0.507 e. The lowest BCUT2D eigenvalue weighted by molar-refractivity contribution is 0.0117. The zero-order chi connectivity index (χ0) is 13.7. The monoisotopic (exact) mass is 375 g/mol. The van der Waals surface area contributed by atoms with Crippen molar-refractivity contribution in [1.29, 1.82) is 0 Å². The van der Waals surface area contributed by atoms with Crippen molar-refractivity contribution < 1.29 is 14.6 Å². The number of rotatable bonds is 4. The summed E-state index contributed by atoms with van der Waals surface area (Å²) in [4.78, 5) is 11.9. The predicted molar refractivity (Wildman–Crippen MR) is 81.4 cm³/mol. The highest BCUT2D eigenvalue weighted by Gasteiger charge is 2.15. The SMILES string of the molecule is O=C(NCCC1CCCCO1)c1cc(I)ccc1O. The molecule has 1 heterocycles. The van der Waals surface area contributed by atoms with Gasteiger partial charge in [0.1, 0.15) is 5.75 Å². The topological polar surface area (TPSA) is 58.6 Å². The van der Waals surface area contributed by atoms with E-state index in [1.165, 1.54) is 6.42 Å². The van der Waals surface area contributed by atoms with Crippen molar-refractivity contribution in [1.82, 2.24) is 5.32 Å². The Morgan fingerprint density at radius 2 is 2.32 bits per heavy atom. The number of phenols is 1. The van der Waals surface area contributed by atoms with Crippen LogP contribution in [-0.4, -0.2) is 30.3 Å². The Labute approximate surface area is 126 Å². The average Bonchev–Trinajstić information content (AvgIpc) is 2.42. The van der Waals surface area contributed by atoms with Crippen LogP contribution in [0.3, 0.4) is 0 Å². The van der Waals surface area contributed by atoms with E-state index in [9.17, 15) is 9.90 Å². The van der Waals surface area contributed by atoms with Crippen LogP contribution in [0.5, 0.6) is 5.75 Å². The molecular weight excluding hydrogens is 357 g/mol. The number of aromatic hydroxyl groups is 1. The highest BCUT2D eigenvalue weighted by Crippen LogP contribution is 2.19. The Bertz CT molecular complexity index is 444. The second kappa shape index (κ2) is 7.09. The molecular formula is C14H18INO3. The minimum absolute atomic E-state index is 0.0202. The second-order valence-corrected chi connectivity index (χ2v) is 5.94. The van der Waals surface area contributed by atoms with Gasteiger partial charge < -0.3 is 15.2 Å². The van der Waals surface area contributed by atoms with Crippen molar-refractivity contribution in [3.05, 3.63) is 27.3 Å². The molecule has 104 valence electrons. The summed E-state index contributed by atoms with van der Waals surface area (Å²) >= 11 is 2.12. The van der Waals surface area contributed by atoms with Crippen molar-refractivity contribution in [3.63, 3.8) is 0 Å². The molecule has 1 fully saturated rings. The molecule has 1 aromatic rings. The first kappa shape index (κ1) is 14.6. The van der Waals surface area contributed by atoms with Crippen molar-refractivity contribution in [3.8, 4) is 5.75 Å². The van der Waals surface area contributed by atoms with Crippen molar-refractivity contribution in [2.45, 2.75) is 31.8 Å². The first-order chi connectivity index (χ1) is 9.16. The fraction of sp³-hybridized carbons (Fsp3) is 0.500. The molecule has 1 saturated heterocycles. The zero-order valence-corrected chi connectivity index (χ0v) is 12.9. The summed E-state index contributed by atoms with van der Waals surface area (Å²) < 4.78 is 6.53. The van der Waals surface area contributed by atoms with Crippen LogP contribution < -0.4 is 5.32 Å². The fourth-order valence-corrected chi connectivity index (χ4v) is 2.66. The van der Waals surface area contributed by atoms with Crippen molar-refractivity contribution in [2.24, 2.45) is 0 Å². The van der Waals surface area contributed by atoms with Crippen LogP contribution in [0.25, 0.3) is 0 Å². The number of nitrogens with one attached hydrogen (secondary N) is 1. The van der Waals surface area contributed by atoms with Gasteiger partial charge in [-0.15, -0.1) is 0 Å². The number of hydrogen-bond acceptors (Lipinski definition) is 3. The molecule has 1 amide bonds. The van der Waals surface area contributed by atoms with Crippen molar-refractivity contribution >= 4 is 28.5 Å². The summed E-state index contributed by atoms with van der Waals surface area (Å²) in [6, 6.07) is 4.99. The van der Waals surface area contributed by atoms with E-state index in [0.29, 0.717) is 12.1 Å². The molecule has 0 bridgehead atoms. The number of amides is 1. The molecule has 5 heteroatoms. The molecule has 1 aromatic carbocycles. The van der Waals surface area contributed by atoms with Crippen LogP contribution >= 0.6 is 22.6 Å². The van der Waals surface area contributed by atoms with Gasteiger partial charge in [-0.2, -0.15) is 0 Å². The Morgan fingerprint density at radius 1 is 1.47 bits per heavy atom. The molecule has 19 heavy (non-hydrogen) atoms. The third kappa shape index (κ3) is 4.35. The number of ether oxygens (including phenoxy) is 1. The molecule has 0 spiro atoms. The van der Waals surface area contributed by atoms with Crippen LogP contribution in [0.4, 0.5) is 0 Å². The molecule has 0 saturated carbocycles. The van der Waals surface area contributed by atoms with Gasteiger partial charge in [-0.25, -0.2) is 0 Å². The molecule has 1 unspecified atom stereocenters. The number of halogens is 1. The van der Waals surface area contributed by atoms with Crippen LogP contribution in [-0.2, 0) is 4.74 Å². The van der Waals surface area contributed by atoms with Gasteiger partial charge in [-0.3, -0.25) is 4.79 Å². The van der Waals surface area contributed by atoms with E-state index in [1.54, 1.807) is 18.2 Å². The Hall–Kier alpha value is -0.820. The minimum atomic E-state index is -0.230. The van der Waals surface area contributed by atoms with Gasteiger partial charge in [-0.1, -0.05) is 0 Å². The maximum absolute atomic E-state index is 11.9. The number of phenolic OH excluding ortho intramolecular Hbond substituents is 1.